The van der Waals surface area contributed by atoms with E-state index in [1.165, 1.54) is 6.92 Å². The molecule has 1 aromatic carbocycles. The maximum absolute atomic E-state index is 11.0. The van der Waals surface area contributed by atoms with Crippen LogP contribution in [-0.4, -0.2) is 35.0 Å². The van der Waals surface area contributed by atoms with Crippen molar-refractivity contribution < 1.29 is 19.8 Å². The number of carbonyl (C=O) groups excluding carboxylic acids is 2. The van der Waals surface area contributed by atoms with Gasteiger partial charge in [0.05, 0.1) is 17.4 Å². The van der Waals surface area contributed by atoms with Crippen molar-refractivity contribution in [3.63, 3.8) is 0 Å². The van der Waals surface area contributed by atoms with Crippen molar-refractivity contribution in [3.05, 3.63) is 35.9 Å². The van der Waals surface area contributed by atoms with Gasteiger partial charge in [-0.2, -0.15) is 0 Å². The van der Waals surface area contributed by atoms with Gasteiger partial charge in [-0.05, 0) is 18.4 Å². The van der Waals surface area contributed by atoms with E-state index in [9.17, 15) is 19.8 Å². The van der Waals surface area contributed by atoms with E-state index in [0.717, 1.165) is 0 Å². The maximum atomic E-state index is 11.0. The molecule has 0 saturated heterocycles. The zero-order valence-corrected chi connectivity index (χ0v) is 11.1. The minimum atomic E-state index is -1.94. The van der Waals surface area contributed by atoms with E-state index in [1.807, 2.05) is 0 Å². The second kappa shape index (κ2) is 6.61. The molecule has 4 nitrogen and oxygen atoms in total. The normalized spacial score (nSPS) is 10.4. The molecule has 0 spiro atoms. The summed E-state index contributed by atoms with van der Waals surface area (Å²) >= 11 is 0. The van der Waals surface area contributed by atoms with E-state index < -0.39 is 17.4 Å². The third-order valence-corrected chi connectivity index (χ3v) is 2.73. The minimum Gasteiger partial charge on any atom is -0.549 e. The third-order valence-electron chi connectivity index (χ3n) is 2.73. The average Bonchev–Trinajstić information content (AvgIpc) is 2.26. The maximum Gasteiger partial charge on any atom is 2.00 e. The number of carbonyl (C=O) groups is 2. The first kappa shape index (κ1) is 15.9. The van der Waals surface area contributed by atoms with E-state index in [4.69, 9.17) is 0 Å². The molecular formula is C12H12MgO4. The SMILES string of the molecule is CCC(Cc1ccccc1)(C(=O)[O-])C(=O)[O-].[Mg+2]. The van der Waals surface area contributed by atoms with Gasteiger partial charge in [0, 0.05) is 0 Å². The summed E-state index contributed by atoms with van der Waals surface area (Å²) in [4.78, 5) is 21.9. The Bertz CT molecular complexity index is 375. The van der Waals surface area contributed by atoms with Crippen LogP contribution >= 0.6 is 0 Å². The van der Waals surface area contributed by atoms with Gasteiger partial charge >= 0.3 is 23.1 Å². The molecule has 0 atom stereocenters. The van der Waals surface area contributed by atoms with Crippen molar-refractivity contribution in [2.75, 3.05) is 0 Å². The Kier molecular flexibility index (Phi) is 6.19. The first-order valence-corrected chi connectivity index (χ1v) is 4.99. The van der Waals surface area contributed by atoms with Crippen LogP contribution < -0.4 is 10.2 Å². The predicted molar refractivity (Wildman–Crippen MR) is 58.6 cm³/mol. The Morgan fingerprint density at radius 2 is 1.59 bits per heavy atom. The van der Waals surface area contributed by atoms with Crippen LogP contribution in [0.4, 0.5) is 0 Å². The number of carboxylic acid groups (broad SMARTS) is 2. The summed E-state index contributed by atoms with van der Waals surface area (Å²) in [6.07, 6.45) is -0.179. The minimum absolute atomic E-state index is 0. The van der Waals surface area contributed by atoms with Gasteiger partial charge in [0.2, 0.25) is 0 Å². The molecule has 0 amide bonds. The van der Waals surface area contributed by atoms with Crippen LogP contribution in [0.1, 0.15) is 18.9 Å². The van der Waals surface area contributed by atoms with Crippen LogP contribution in [0.25, 0.3) is 0 Å². The quantitative estimate of drug-likeness (QED) is 0.478. The Hall–Kier alpha value is -1.07. The summed E-state index contributed by atoms with van der Waals surface area (Å²) in [7, 11) is 0. The molecule has 0 aliphatic rings. The number of hydrogen-bond acceptors (Lipinski definition) is 4. The van der Waals surface area contributed by atoms with Crippen LogP contribution in [-0.2, 0) is 16.0 Å². The zero-order chi connectivity index (χ0) is 12.2. The van der Waals surface area contributed by atoms with Gasteiger partial charge in [0.15, 0.2) is 0 Å². The standard InChI is InChI=1S/C12H14O4.Mg/c1-2-12(10(13)14,11(15)16)8-9-6-4-3-5-7-9;/h3-7H,2,8H2,1H3,(H,13,14)(H,15,16);/q;+2/p-2. The molecule has 0 heterocycles. The molecule has 0 bridgehead atoms. The van der Waals surface area contributed by atoms with Crippen LogP contribution in [0, 0.1) is 5.41 Å². The molecule has 0 N–H and O–H groups in total. The van der Waals surface area contributed by atoms with Crippen molar-refractivity contribution in [1.82, 2.24) is 0 Å². The van der Waals surface area contributed by atoms with E-state index in [2.05, 4.69) is 0 Å². The molecule has 0 aromatic heterocycles. The Labute approximate surface area is 116 Å². The fraction of sp³-hybridized carbons (Fsp3) is 0.333. The first-order chi connectivity index (χ1) is 7.53. The van der Waals surface area contributed by atoms with E-state index in [-0.39, 0.29) is 35.9 Å². The summed E-state index contributed by atoms with van der Waals surface area (Å²) in [5, 5.41) is 21.9. The zero-order valence-electron chi connectivity index (χ0n) is 9.64. The second-order valence-electron chi connectivity index (χ2n) is 3.67. The van der Waals surface area contributed by atoms with Crippen molar-refractivity contribution in [1.29, 1.82) is 0 Å². The number of rotatable bonds is 5. The van der Waals surface area contributed by atoms with Crippen LogP contribution in [0.2, 0.25) is 0 Å². The van der Waals surface area contributed by atoms with Crippen LogP contribution in [0.15, 0.2) is 30.3 Å². The van der Waals surface area contributed by atoms with Gasteiger partial charge in [-0.25, -0.2) is 0 Å². The first-order valence-electron chi connectivity index (χ1n) is 4.99. The van der Waals surface area contributed by atoms with Crippen LogP contribution in [0.5, 0.6) is 0 Å². The molecule has 1 aromatic rings. The number of benzene rings is 1. The van der Waals surface area contributed by atoms with E-state index in [1.54, 1.807) is 30.3 Å². The summed E-state index contributed by atoms with van der Waals surface area (Å²) < 4.78 is 0. The van der Waals surface area contributed by atoms with Gasteiger partial charge < -0.3 is 19.8 Å². The van der Waals surface area contributed by atoms with Crippen molar-refractivity contribution in [3.8, 4) is 0 Å². The Morgan fingerprint density at radius 1 is 1.12 bits per heavy atom. The summed E-state index contributed by atoms with van der Waals surface area (Å²) in [5.41, 5.74) is -1.31. The van der Waals surface area contributed by atoms with Crippen LogP contribution in [0.3, 0.4) is 0 Å². The molecular weight excluding hydrogens is 232 g/mol. The third kappa shape index (κ3) is 3.44. The van der Waals surface area contributed by atoms with Gasteiger partial charge in [-0.15, -0.1) is 0 Å². The van der Waals surface area contributed by atoms with Gasteiger partial charge in [0.25, 0.3) is 0 Å². The predicted octanol–water partition coefficient (Wildman–Crippen LogP) is -1.26. The number of carboxylic acids is 2. The van der Waals surface area contributed by atoms with Crippen molar-refractivity contribution >= 4 is 35.0 Å². The molecule has 17 heavy (non-hydrogen) atoms. The average molecular weight is 245 g/mol. The summed E-state index contributed by atoms with van der Waals surface area (Å²) in [6, 6.07) is 8.57. The topological polar surface area (TPSA) is 80.3 Å². The fourth-order valence-electron chi connectivity index (χ4n) is 1.59. The molecule has 0 aliphatic heterocycles. The molecule has 0 aliphatic carbocycles. The Balaban J connectivity index is 0.00000256. The summed E-state index contributed by atoms with van der Waals surface area (Å²) in [6.45, 7) is 1.49. The molecule has 0 fully saturated rings. The van der Waals surface area contributed by atoms with Gasteiger partial charge in [-0.3, -0.25) is 0 Å². The summed E-state index contributed by atoms with van der Waals surface area (Å²) in [5.74, 6) is -3.20. The van der Waals surface area contributed by atoms with Gasteiger partial charge in [0.1, 0.15) is 0 Å². The fourth-order valence-corrected chi connectivity index (χ4v) is 1.59. The van der Waals surface area contributed by atoms with Crippen molar-refractivity contribution in [2.24, 2.45) is 5.41 Å². The number of hydrogen-bond donors (Lipinski definition) is 0. The largest absolute Gasteiger partial charge is 2.00 e. The van der Waals surface area contributed by atoms with Crippen molar-refractivity contribution in [2.45, 2.75) is 19.8 Å². The second-order valence-corrected chi connectivity index (χ2v) is 3.67. The van der Waals surface area contributed by atoms with E-state index >= 15 is 0 Å². The van der Waals surface area contributed by atoms with E-state index in [0.29, 0.717) is 5.56 Å². The smallest absolute Gasteiger partial charge is 0.549 e. The molecule has 0 radical (unpaired) electrons. The Morgan fingerprint density at radius 3 is 1.94 bits per heavy atom. The monoisotopic (exact) mass is 244 g/mol. The molecule has 1 rings (SSSR count). The molecule has 5 heteroatoms. The van der Waals surface area contributed by atoms with Gasteiger partial charge in [-0.1, -0.05) is 37.3 Å². The molecule has 86 valence electrons. The molecule has 0 unspecified atom stereocenters. The molecule has 0 saturated carbocycles. The number of aliphatic carboxylic acids is 2.